The highest BCUT2D eigenvalue weighted by atomic mass is 15.3. The zero-order chi connectivity index (χ0) is 22.2. The number of nitrogens with one attached hydrogen (secondary N) is 1. The fourth-order valence-corrected chi connectivity index (χ4v) is 5.56. The van der Waals surface area contributed by atoms with E-state index in [0.29, 0.717) is 0 Å². The zero-order valence-corrected chi connectivity index (χ0v) is 18.8. The van der Waals surface area contributed by atoms with E-state index in [1.807, 2.05) is 6.07 Å². The molecule has 2 aromatic heterocycles. The van der Waals surface area contributed by atoms with Crippen LogP contribution in [0.3, 0.4) is 0 Å². The van der Waals surface area contributed by atoms with Crippen molar-refractivity contribution in [1.29, 1.82) is 5.26 Å². The summed E-state index contributed by atoms with van der Waals surface area (Å²) in [5.41, 5.74) is 7.54. The molecule has 33 heavy (non-hydrogen) atoms. The maximum atomic E-state index is 10.00. The van der Waals surface area contributed by atoms with Crippen LogP contribution in [0.1, 0.15) is 28.7 Å². The number of benzene rings is 2. The lowest BCUT2D eigenvalue weighted by Gasteiger charge is -2.35. The van der Waals surface area contributed by atoms with Gasteiger partial charge in [-0.05, 0) is 54.2 Å². The first kappa shape index (κ1) is 20.0. The monoisotopic (exact) mass is 434 g/mol. The summed E-state index contributed by atoms with van der Waals surface area (Å²) in [6, 6.07) is 21.3. The summed E-state index contributed by atoms with van der Waals surface area (Å²) in [6.07, 6.45) is 7.70. The molecule has 0 atom stereocenters. The number of anilines is 1. The van der Waals surface area contributed by atoms with Gasteiger partial charge < -0.3 is 9.80 Å². The van der Waals surface area contributed by atoms with Crippen molar-refractivity contribution in [2.75, 3.05) is 37.6 Å². The van der Waals surface area contributed by atoms with Crippen molar-refractivity contribution in [2.45, 2.75) is 19.3 Å². The van der Waals surface area contributed by atoms with Crippen molar-refractivity contribution >= 4 is 28.6 Å². The molecule has 1 aliphatic heterocycles. The van der Waals surface area contributed by atoms with Crippen LogP contribution in [0.25, 0.3) is 22.8 Å². The fraction of sp³-hybridized carbons (Fsp3) is 0.286. The smallest absolute Gasteiger partial charge is 0.157 e. The maximum Gasteiger partial charge on any atom is 0.157 e. The van der Waals surface area contributed by atoms with Gasteiger partial charge in [0.25, 0.3) is 0 Å². The summed E-state index contributed by atoms with van der Waals surface area (Å²) in [5, 5.41) is 10.00. The Bertz CT molecular complexity index is 1390. The Morgan fingerprint density at radius 2 is 1.73 bits per heavy atom. The number of imidazole rings is 1. The van der Waals surface area contributed by atoms with Gasteiger partial charge in [-0.3, -0.25) is 4.40 Å². The summed E-state index contributed by atoms with van der Waals surface area (Å²) in [4.78, 5) is 9.08. The Labute approximate surface area is 194 Å². The van der Waals surface area contributed by atoms with Crippen LogP contribution >= 0.6 is 0 Å². The number of quaternary nitrogens is 1. The molecular formula is C28H28N5+. The second-order valence-electron chi connectivity index (χ2n) is 9.13. The molecule has 164 valence electrons. The van der Waals surface area contributed by atoms with Crippen LogP contribution in [0.5, 0.6) is 0 Å². The van der Waals surface area contributed by atoms with Crippen molar-refractivity contribution in [3.05, 3.63) is 82.9 Å². The van der Waals surface area contributed by atoms with Crippen LogP contribution in [0.15, 0.2) is 60.7 Å². The number of pyridine rings is 1. The van der Waals surface area contributed by atoms with E-state index in [4.69, 9.17) is 4.98 Å². The summed E-state index contributed by atoms with van der Waals surface area (Å²) in [7, 11) is 0. The number of fused-ring (bicyclic) bond motifs is 4. The van der Waals surface area contributed by atoms with Gasteiger partial charge in [0.1, 0.15) is 11.9 Å². The van der Waals surface area contributed by atoms with Crippen molar-refractivity contribution in [1.82, 2.24) is 9.38 Å². The first-order chi connectivity index (χ1) is 16.3. The number of para-hydroxylation sites is 2. The van der Waals surface area contributed by atoms with Crippen molar-refractivity contribution < 1.29 is 4.90 Å². The van der Waals surface area contributed by atoms with Gasteiger partial charge in [-0.1, -0.05) is 48.5 Å². The standard InChI is InChI=1S/C28H27N5/c29-20-24-22-11-6-12-23(22)28(33-26-14-5-4-13-25(26)30-27(24)33)32-18-16-31(17-19-32)15-7-10-21-8-2-1-3-9-21/h1-5,7-10,13-14H,6,11-12,15-19H2/p+1. The van der Waals surface area contributed by atoms with Crippen LogP contribution in [-0.2, 0) is 12.8 Å². The average Bonchev–Trinajstić information content (AvgIpc) is 3.49. The maximum absolute atomic E-state index is 10.00. The molecule has 2 aliphatic rings. The predicted molar refractivity (Wildman–Crippen MR) is 133 cm³/mol. The molecule has 4 aromatic rings. The van der Waals surface area contributed by atoms with E-state index < -0.39 is 0 Å². The van der Waals surface area contributed by atoms with E-state index in [1.165, 1.54) is 22.5 Å². The number of hydrogen-bond donors (Lipinski definition) is 1. The Morgan fingerprint density at radius 1 is 0.970 bits per heavy atom. The topological polar surface area (TPSA) is 48.8 Å². The van der Waals surface area contributed by atoms with Gasteiger partial charge in [0.2, 0.25) is 0 Å². The third kappa shape index (κ3) is 3.48. The lowest BCUT2D eigenvalue weighted by Crippen LogP contribution is -3.14. The molecular weight excluding hydrogens is 406 g/mol. The summed E-state index contributed by atoms with van der Waals surface area (Å²) in [5.74, 6) is 1.28. The van der Waals surface area contributed by atoms with Crippen LogP contribution < -0.4 is 9.80 Å². The lowest BCUT2D eigenvalue weighted by atomic mass is 10.0. The Hall–Kier alpha value is -3.62. The van der Waals surface area contributed by atoms with E-state index in [2.05, 4.69) is 76.1 Å². The first-order valence-electron chi connectivity index (χ1n) is 12.0. The molecule has 2 aromatic carbocycles. The molecule has 1 saturated heterocycles. The van der Waals surface area contributed by atoms with Gasteiger partial charge >= 0.3 is 0 Å². The molecule has 1 N–H and O–H groups in total. The van der Waals surface area contributed by atoms with E-state index in [-0.39, 0.29) is 0 Å². The third-order valence-electron chi connectivity index (χ3n) is 7.18. The van der Waals surface area contributed by atoms with Crippen LogP contribution in [0, 0.1) is 11.3 Å². The molecule has 0 saturated carbocycles. The zero-order valence-electron chi connectivity index (χ0n) is 18.8. The van der Waals surface area contributed by atoms with E-state index in [0.717, 1.165) is 74.2 Å². The molecule has 5 heteroatoms. The van der Waals surface area contributed by atoms with Gasteiger partial charge in [-0.25, -0.2) is 4.98 Å². The number of nitrogens with zero attached hydrogens (tertiary/aromatic N) is 4. The SMILES string of the molecule is N#Cc1c2c(c(N3CC[NH+](CC=Cc4ccccc4)CC3)n3c1nc1ccccc13)CCC2. The molecule has 0 amide bonds. The van der Waals surface area contributed by atoms with Gasteiger partial charge in [-0.2, -0.15) is 5.26 Å². The summed E-state index contributed by atoms with van der Waals surface area (Å²) < 4.78 is 2.28. The molecule has 0 bridgehead atoms. The molecule has 6 rings (SSSR count). The molecule has 1 aliphatic carbocycles. The minimum absolute atomic E-state index is 0.776. The predicted octanol–water partition coefficient (Wildman–Crippen LogP) is 3.27. The third-order valence-corrected chi connectivity index (χ3v) is 7.18. The molecule has 1 fully saturated rings. The molecule has 0 unspecified atom stereocenters. The minimum atomic E-state index is 0.776. The number of piperazine rings is 1. The van der Waals surface area contributed by atoms with Crippen LogP contribution in [-0.4, -0.2) is 42.1 Å². The van der Waals surface area contributed by atoms with Gasteiger partial charge in [0.05, 0.1) is 49.3 Å². The first-order valence-corrected chi connectivity index (χ1v) is 12.0. The number of nitriles is 1. The Morgan fingerprint density at radius 3 is 2.55 bits per heavy atom. The van der Waals surface area contributed by atoms with Crippen LogP contribution in [0.2, 0.25) is 0 Å². The Balaban J connectivity index is 1.31. The van der Waals surface area contributed by atoms with Gasteiger partial charge in [-0.15, -0.1) is 0 Å². The van der Waals surface area contributed by atoms with Crippen LogP contribution in [0.4, 0.5) is 5.82 Å². The minimum Gasteiger partial charge on any atom is -0.346 e. The van der Waals surface area contributed by atoms with Gasteiger partial charge in [0.15, 0.2) is 5.65 Å². The van der Waals surface area contributed by atoms with E-state index >= 15 is 0 Å². The number of aromatic nitrogens is 2. The molecule has 0 radical (unpaired) electrons. The fourth-order valence-electron chi connectivity index (χ4n) is 5.56. The summed E-state index contributed by atoms with van der Waals surface area (Å²) >= 11 is 0. The quantitative estimate of drug-likeness (QED) is 0.536. The van der Waals surface area contributed by atoms with Gasteiger partial charge in [0, 0.05) is 0 Å². The lowest BCUT2D eigenvalue weighted by molar-refractivity contribution is -0.894. The summed E-state index contributed by atoms with van der Waals surface area (Å²) in [6.45, 7) is 5.32. The second kappa shape index (κ2) is 8.38. The normalized spacial score (nSPS) is 16.6. The number of rotatable bonds is 4. The number of hydrogen-bond acceptors (Lipinski definition) is 3. The highest BCUT2D eigenvalue weighted by Crippen LogP contribution is 2.38. The highest BCUT2D eigenvalue weighted by Gasteiger charge is 2.30. The second-order valence-corrected chi connectivity index (χ2v) is 9.13. The van der Waals surface area contributed by atoms with Crippen molar-refractivity contribution in [3.8, 4) is 6.07 Å². The van der Waals surface area contributed by atoms with Crippen molar-refractivity contribution in [2.24, 2.45) is 0 Å². The van der Waals surface area contributed by atoms with Crippen molar-refractivity contribution in [3.63, 3.8) is 0 Å². The van der Waals surface area contributed by atoms with E-state index in [1.54, 1.807) is 4.90 Å². The Kier molecular flexibility index (Phi) is 5.09. The van der Waals surface area contributed by atoms with E-state index in [9.17, 15) is 5.26 Å². The highest BCUT2D eigenvalue weighted by molar-refractivity contribution is 5.86. The molecule has 3 heterocycles. The average molecular weight is 435 g/mol. The molecule has 0 spiro atoms. The molecule has 5 nitrogen and oxygen atoms in total. The largest absolute Gasteiger partial charge is 0.346 e.